The first kappa shape index (κ1) is 19.6. The Morgan fingerprint density at radius 2 is 1.86 bits per heavy atom. The maximum absolute atomic E-state index is 12.7. The third kappa shape index (κ3) is 4.34. The summed E-state index contributed by atoms with van der Waals surface area (Å²) in [6.07, 6.45) is 1.79. The second-order valence-corrected chi connectivity index (χ2v) is 9.18. The molecule has 0 spiro atoms. The molecule has 0 N–H and O–H groups in total. The smallest absolute Gasteiger partial charge is 0.260 e. The van der Waals surface area contributed by atoms with Gasteiger partial charge >= 0.3 is 0 Å². The van der Waals surface area contributed by atoms with Gasteiger partial charge in [-0.15, -0.1) is 0 Å². The molecule has 152 valence electrons. The molecule has 4 rings (SSSR count). The number of para-hydroxylation sites is 1. The predicted octanol–water partition coefficient (Wildman–Crippen LogP) is 3.72. The van der Waals surface area contributed by atoms with Crippen molar-refractivity contribution in [2.45, 2.75) is 26.2 Å². The number of amides is 1. The average molecular weight is 411 g/mol. The van der Waals surface area contributed by atoms with Crippen molar-refractivity contribution in [3.8, 4) is 5.75 Å². The van der Waals surface area contributed by atoms with E-state index in [0.29, 0.717) is 13.1 Å². The summed E-state index contributed by atoms with van der Waals surface area (Å²) < 4.78 is 5.91. The molecule has 0 bridgehead atoms. The quantitative estimate of drug-likeness (QED) is 0.656. The molecule has 3 heterocycles. The molecule has 1 fully saturated rings. The zero-order valence-corrected chi connectivity index (χ0v) is 17.9. The summed E-state index contributed by atoms with van der Waals surface area (Å²) in [5, 5.41) is 0.973. The van der Waals surface area contributed by atoms with Gasteiger partial charge in [-0.2, -0.15) is 0 Å². The number of hydrogen-bond acceptors (Lipinski definition) is 6. The lowest BCUT2D eigenvalue weighted by Crippen LogP contribution is -2.50. The zero-order chi connectivity index (χ0) is 20.4. The highest BCUT2D eigenvalue weighted by atomic mass is 32.1. The lowest BCUT2D eigenvalue weighted by Gasteiger charge is -2.34. The van der Waals surface area contributed by atoms with Crippen LogP contribution < -0.4 is 9.64 Å². The lowest BCUT2D eigenvalue weighted by molar-refractivity contribution is -0.133. The van der Waals surface area contributed by atoms with E-state index in [0.717, 1.165) is 39.9 Å². The minimum absolute atomic E-state index is 0.0272. The molecule has 1 saturated heterocycles. The molecule has 29 heavy (non-hydrogen) atoms. The maximum Gasteiger partial charge on any atom is 0.260 e. The predicted molar refractivity (Wildman–Crippen MR) is 117 cm³/mol. The van der Waals surface area contributed by atoms with Crippen molar-refractivity contribution < 1.29 is 9.53 Å². The van der Waals surface area contributed by atoms with E-state index in [4.69, 9.17) is 4.74 Å². The number of thiazole rings is 1. The molecular weight excluding hydrogens is 384 g/mol. The molecule has 7 heteroatoms. The molecule has 0 unspecified atom stereocenters. The van der Waals surface area contributed by atoms with Crippen molar-refractivity contribution in [3.05, 3.63) is 48.2 Å². The summed E-state index contributed by atoms with van der Waals surface area (Å²) in [5.74, 6) is 0.813. The van der Waals surface area contributed by atoms with Crippen LogP contribution in [0.2, 0.25) is 0 Å². The standard InChI is InChI=1S/C22H26N4O2S/c1-22(2,3)16-7-4-5-9-18(16)28-15-19(27)25-11-13-26(14-12-25)21-24-17-8-6-10-23-20(17)29-21/h4-10H,11-15H2,1-3H3. The fourth-order valence-corrected chi connectivity index (χ4v) is 4.44. The summed E-state index contributed by atoms with van der Waals surface area (Å²) in [4.78, 5) is 26.8. The highest BCUT2D eigenvalue weighted by molar-refractivity contribution is 7.21. The summed E-state index contributed by atoms with van der Waals surface area (Å²) in [6, 6.07) is 11.8. The van der Waals surface area contributed by atoms with Crippen LogP contribution >= 0.6 is 11.3 Å². The average Bonchev–Trinajstić information content (AvgIpc) is 3.16. The van der Waals surface area contributed by atoms with E-state index in [1.807, 2.05) is 35.2 Å². The first-order valence-corrected chi connectivity index (χ1v) is 10.7. The monoisotopic (exact) mass is 410 g/mol. The molecule has 0 atom stereocenters. The van der Waals surface area contributed by atoms with E-state index in [-0.39, 0.29) is 17.9 Å². The normalized spacial score (nSPS) is 15.0. The number of fused-ring (bicyclic) bond motifs is 1. The van der Waals surface area contributed by atoms with Gasteiger partial charge in [0.2, 0.25) is 0 Å². The highest BCUT2D eigenvalue weighted by Gasteiger charge is 2.24. The Balaban J connectivity index is 1.34. The molecule has 0 aliphatic carbocycles. The zero-order valence-electron chi connectivity index (χ0n) is 17.1. The van der Waals surface area contributed by atoms with Crippen LogP contribution in [0, 0.1) is 0 Å². The van der Waals surface area contributed by atoms with Crippen LogP contribution in [0.4, 0.5) is 5.13 Å². The highest BCUT2D eigenvalue weighted by Crippen LogP contribution is 2.31. The fraction of sp³-hybridized carbons (Fsp3) is 0.409. The molecule has 0 radical (unpaired) electrons. The molecule has 6 nitrogen and oxygen atoms in total. The Hall–Kier alpha value is -2.67. The number of aromatic nitrogens is 2. The molecule has 0 saturated carbocycles. The summed E-state index contributed by atoms with van der Waals surface area (Å²) in [5.41, 5.74) is 2.01. The van der Waals surface area contributed by atoms with Crippen LogP contribution in [0.3, 0.4) is 0 Å². The molecule has 1 aromatic carbocycles. The number of carbonyl (C=O) groups excluding carboxylic acids is 1. The molecular formula is C22H26N4O2S. The fourth-order valence-electron chi connectivity index (χ4n) is 3.48. The van der Waals surface area contributed by atoms with Crippen LogP contribution in [0.1, 0.15) is 26.3 Å². The number of piperazine rings is 1. The van der Waals surface area contributed by atoms with Gasteiger partial charge in [-0.25, -0.2) is 9.97 Å². The Bertz CT molecular complexity index is 970. The summed E-state index contributed by atoms with van der Waals surface area (Å²) in [7, 11) is 0. The Labute approximate surface area is 175 Å². The van der Waals surface area contributed by atoms with E-state index in [9.17, 15) is 4.79 Å². The summed E-state index contributed by atoms with van der Waals surface area (Å²) >= 11 is 1.60. The van der Waals surface area contributed by atoms with Crippen molar-refractivity contribution >= 4 is 32.7 Å². The maximum atomic E-state index is 12.7. The van der Waals surface area contributed by atoms with Gasteiger partial charge in [0.15, 0.2) is 11.7 Å². The van der Waals surface area contributed by atoms with Gasteiger partial charge in [0.1, 0.15) is 16.1 Å². The molecule has 2 aromatic heterocycles. The van der Waals surface area contributed by atoms with Gasteiger partial charge in [-0.05, 0) is 29.2 Å². The van der Waals surface area contributed by atoms with E-state index in [1.54, 1.807) is 17.5 Å². The molecule has 1 aliphatic rings. The number of ether oxygens (including phenoxy) is 1. The SMILES string of the molecule is CC(C)(C)c1ccccc1OCC(=O)N1CCN(c2nc3cccnc3s2)CC1. The van der Waals surface area contributed by atoms with E-state index in [2.05, 4.69) is 41.7 Å². The van der Waals surface area contributed by atoms with Gasteiger partial charge in [-0.3, -0.25) is 4.79 Å². The molecule has 1 aliphatic heterocycles. The minimum Gasteiger partial charge on any atom is -0.483 e. The largest absolute Gasteiger partial charge is 0.483 e. The Morgan fingerprint density at radius 1 is 1.10 bits per heavy atom. The number of nitrogens with zero attached hydrogens (tertiary/aromatic N) is 4. The van der Waals surface area contributed by atoms with Crippen molar-refractivity contribution in [1.82, 2.24) is 14.9 Å². The van der Waals surface area contributed by atoms with Gasteiger partial charge in [0, 0.05) is 32.4 Å². The van der Waals surface area contributed by atoms with Crippen molar-refractivity contribution in [1.29, 1.82) is 0 Å². The first-order valence-electron chi connectivity index (χ1n) is 9.88. The van der Waals surface area contributed by atoms with Gasteiger partial charge < -0.3 is 14.5 Å². The third-order valence-electron chi connectivity index (χ3n) is 5.10. The van der Waals surface area contributed by atoms with E-state index < -0.39 is 0 Å². The van der Waals surface area contributed by atoms with Crippen molar-refractivity contribution in [3.63, 3.8) is 0 Å². The number of anilines is 1. The van der Waals surface area contributed by atoms with E-state index >= 15 is 0 Å². The van der Waals surface area contributed by atoms with E-state index in [1.165, 1.54) is 0 Å². The summed E-state index contributed by atoms with van der Waals surface area (Å²) in [6.45, 7) is 9.39. The number of benzene rings is 1. The van der Waals surface area contributed by atoms with Crippen LogP contribution in [0.25, 0.3) is 10.3 Å². The second-order valence-electron chi connectivity index (χ2n) is 8.23. The number of pyridine rings is 1. The third-order valence-corrected chi connectivity index (χ3v) is 6.14. The lowest BCUT2D eigenvalue weighted by atomic mass is 9.86. The Morgan fingerprint density at radius 3 is 2.59 bits per heavy atom. The second kappa shape index (κ2) is 7.99. The van der Waals surface area contributed by atoms with Crippen molar-refractivity contribution in [2.75, 3.05) is 37.7 Å². The molecule has 3 aromatic rings. The number of hydrogen-bond donors (Lipinski definition) is 0. The first-order chi connectivity index (χ1) is 13.9. The van der Waals surface area contributed by atoms with Crippen LogP contribution in [0.5, 0.6) is 5.75 Å². The number of carbonyl (C=O) groups is 1. The van der Waals surface area contributed by atoms with Crippen LogP contribution in [-0.4, -0.2) is 53.6 Å². The van der Waals surface area contributed by atoms with Gasteiger partial charge in [0.25, 0.3) is 5.91 Å². The minimum atomic E-state index is -0.0304. The van der Waals surface area contributed by atoms with Gasteiger partial charge in [0.05, 0.1) is 0 Å². The van der Waals surface area contributed by atoms with Crippen LogP contribution in [0.15, 0.2) is 42.6 Å². The molecule has 1 amide bonds. The number of rotatable bonds is 4. The Kier molecular flexibility index (Phi) is 5.41. The van der Waals surface area contributed by atoms with Gasteiger partial charge in [-0.1, -0.05) is 50.3 Å². The van der Waals surface area contributed by atoms with Crippen molar-refractivity contribution in [2.24, 2.45) is 0 Å². The topological polar surface area (TPSA) is 58.6 Å². The van der Waals surface area contributed by atoms with Crippen LogP contribution in [-0.2, 0) is 10.2 Å².